The van der Waals surface area contributed by atoms with Crippen molar-refractivity contribution in [3.63, 3.8) is 0 Å². The van der Waals surface area contributed by atoms with E-state index in [2.05, 4.69) is 10.2 Å². The number of benzene rings is 1. The molecule has 0 saturated carbocycles. The van der Waals surface area contributed by atoms with E-state index in [1.165, 1.54) is 12.4 Å². The summed E-state index contributed by atoms with van der Waals surface area (Å²) in [6, 6.07) is 11.0. The Balaban J connectivity index is 2.42. The highest BCUT2D eigenvalue weighted by Gasteiger charge is 2.09. The molecular weight excluding hydrogens is 218 g/mol. The molecule has 3 aromatic rings. The van der Waals surface area contributed by atoms with Crippen LogP contribution in [0.3, 0.4) is 0 Å². The first-order valence-corrected chi connectivity index (χ1v) is 5.03. The van der Waals surface area contributed by atoms with Crippen molar-refractivity contribution in [2.45, 2.75) is 0 Å². The van der Waals surface area contributed by atoms with Crippen molar-refractivity contribution in [1.29, 1.82) is 0 Å². The highest BCUT2D eigenvalue weighted by Crippen LogP contribution is 2.17. The van der Waals surface area contributed by atoms with Crippen molar-refractivity contribution < 1.29 is 0 Å². The highest BCUT2D eigenvalue weighted by atomic mass is 16.1. The molecule has 0 bridgehead atoms. The smallest absolute Gasteiger partial charge is 0.273 e. The molecule has 0 amide bonds. The number of nitrogens with two attached hydrogens (primary N) is 1. The van der Waals surface area contributed by atoms with E-state index in [1.807, 2.05) is 30.3 Å². The van der Waals surface area contributed by atoms with Gasteiger partial charge in [0.1, 0.15) is 6.33 Å². The second-order valence-electron chi connectivity index (χ2n) is 3.60. The zero-order valence-electron chi connectivity index (χ0n) is 8.82. The molecule has 0 aliphatic heterocycles. The first-order chi connectivity index (χ1) is 8.27. The van der Waals surface area contributed by atoms with Gasteiger partial charge in [0, 0.05) is 6.07 Å². The van der Waals surface area contributed by atoms with Crippen molar-refractivity contribution in [2.24, 2.45) is 0 Å². The van der Waals surface area contributed by atoms with E-state index in [0.29, 0.717) is 5.78 Å². The lowest BCUT2D eigenvalue weighted by molar-refractivity contribution is 0.903. The van der Waals surface area contributed by atoms with Crippen molar-refractivity contribution in [3.8, 4) is 11.3 Å². The Labute approximate surface area is 95.9 Å². The van der Waals surface area contributed by atoms with Crippen LogP contribution in [-0.2, 0) is 0 Å². The normalized spacial score (nSPS) is 10.8. The second kappa shape index (κ2) is 3.44. The third-order valence-electron chi connectivity index (χ3n) is 2.57. The molecule has 0 saturated heterocycles. The maximum absolute atomic E-state index is 11.7. The maximum Gasteiger partial charge on any atom is 0.273 e. The molecule has 0 aliphatic rings. The van der Waals surface area contributed by atoms with Crippen molar-refractivity contribution >= 4 is 5.78 Å². The minimum absolute atomic E-state index is 0.315. The van der Waals surface area contributed by atoms with Crippen LogP contribution in [0, 0.1) is 0 Å². The Hall–Kier alpha value is -2.63. The van der Waals surface area contributed by atoms with Gasteiger partial charge in [-0.3, -0.25) is 9.20 Å². The van der Waals surface area contributed by atoms with Gasteiger partial charge >= 0.3 is 0 Å². The van der Waals surface area contributed by atoms with E-state index < -0.39 is 0 Å². The molecule has 0 fully saturated rings. The average Bonchev–Trinajstić information content (AvgIpc) is 2.84. The molecule has 2 N–H and O–H groups in total. The summed E-state index contributed by atoms with van der Waals surface area (Å²) < 4.78 is 2.65. The summed E-state index contributed by atoms with van der Waals surface area (Å²) in [6.45, 7) is 0. The third kappa shape index (κ3) is 1.38. The first kappa shape index (κ1) is 9.59. The molecule has 3 rings (SSSR count). The quantitative estimate of drug-likeness (QED) is 0.605. The van der Waals surface area contributed by atoms with Gasteiger partial charge < -0.3 is 5.84 Å². The van der Waals surface area contributed by atoms with Crippen LogP contribution in [0.25, 0.3) is 17.0 Å². The predicted molar refractivity (Wildman–Crippen MR) is 62.8 cm³/mol. The van der Waals surface area contributed by atoms with Gasteiger partial charge in [-0.2, -0.15) is 4.68 Å². The van der Waals surface area contributed by atoms with E-state index in [4.69, 9.17) is 5.84 Å². The summed E-state index contributed by atoms with van der Waals surface area (Å²) in [5, 5.41) is 7.58. The lowest BCUT2D eigenvalue weighted by atomic mass is 10.1. The van der Waals surface area contributed by atoms with Gasteiger partial charge in [-0.05, 0) is 5.56 Å². The van der Waals surface area contributed by atoms with E-state index >= 15 is 0 Å². The molecule has 0 spiro atoms. The third-order valence-corrected chi connectivity index (χ3v) is 2.57. The fraction of sp³-hybridized carbons (Fsp3) is 0. The number of rotatable bonds is 1. The summed E-state index contributed by atoms with van der Waals surface area (Å²) in [6.07, 6.45) is 1.53. The zero-order valence-corrected chi connectivity index (χ0v) is 8.82. The molecule has 2 aromatic heterocycles. The van der Waals surface area contributed by atoms with E-state index in [9.17, 15) is 4.79 Å². The summed E-state index contributed by atoms with van der Waals surface area (Å²) in [5.41, 5.74) is 1.32. The Bertz CT molecular complexity index is 728. The molecule has 0 atom stereocenters. The van der Waals surface area contributed by atoms with Gasteiger partial charge in [0.05, 0.1) is 5.69 Å². The number of hydrogen-bond donors (Lipinski definition) is 1. The fourth-order valence-electron chi connectivity index (χ4n) is 1.75. The molecular formula is C11H9N5O. The lowest BCUT2D eigenvalue weighted by Gasteiger charge is -2.06. The summed E-state index contributed by atoms with van der Waals surface area (Å²) in [7, 11) is 0. The second-order valence-corrected chi connectivity index (χ2v) is 3.60. The van der Waals surface area contributed by atoms with Crippen LogP contribution in [-0.4, -0.2) is 19.3 Å². The number of aromatic nitrogens is 4. The number of hydrogen-bond acceptors (Lipinski definition) is 4. The van der Waals surface area contributed by atoms with Crippen LogP contribution in [0.5, 0.6) is 0 Å². The topological polar surface area (TPSA) is 78.2 Å². The summed E-state index contributed by atoms with van der Waals surface area (Å²) >= 11 is 0. The molecule has 0 aliphatic carbocycles. The Kier molecular flexibility index (Phi) is 1.94. The minimum Gasteiger partial charge on any atom is -0.333 e. The molecule has 1 aromatic carbocycles. The highest BCUT2D eigenvalue weighted by molar-refractivity contribution is 5.61. The molecule has 6 heteroatoms. The van der Waals surface area contributed by atoms with Gasteiger partial charge in [0.25, 0.3) is 11.3 Å². The Morgan fingerprint density at radius 3 is 2.71 bits per heavy atom. The Morgan fingerprint density at radius 2 is 1.94 bits per heavy atom. The fourth-order valence-corrected chi connectivity index (χ4v) is 1.75. The van der Waals surface area contributed by atoms with Crippen molar-refractivity contribution in [1.82, 2.24) is 19.3 Å². The van der Waals surface area contributed by atoms with Gasteiger partial charge in [-0.15, -0.1) is 10.2 Å². The predicted octanol–water partition coefficient (Wildman–Crippen LogP) is 0.272. The minimum atomic E-state index is -0.315. The van der Waals surface area contributed by atoms with Crippen LogP contribution in [0.1, 0.15) is 0 Å². The number of nitrogen functional groups attached to an aromatic ring is 1. The van der Waals surface area contributed by atoms with Gasteiger partial charge in [0.2, 0.25) is 0 Å². The van der Waals surface area contributed by atoms with E-state index in [0.717, 1.165) is 15.9 Å². The molecule has 17 heavy (non-hydrogen) atoms. The van der Waals surface area contributed by atoms with E-state index in [-0.39, 0.29) is 5.56 Å². The van der Waals surface area contributed by atoms with Gasteiger partial charge in [-0.25, -0.2) is 0 Å². The molecule has 6 nitrogen and oxygen atoms in total. The van der Waals surface area contributed by atoms with Gasteiger partial charge in [-0.1, -0.05) is 30.3 Å². The van der Waals surface area contributed by atoms with Crippen LogP contribution in [0.15, 0.2) is 47.5 Å². The van der Waals surface area contributed by atoms with Crippen molar-refractivity contribution in [2.75, 3.05) is 5.84 Å². The van der Waals surface area contributed by atoms with Crippen LogP contribution < -0.4 is 11.4 Å². The molecule has 0 unspecified atom stereocenters. The summed E-state index contributed by atoms with van der Waals surface area (Å²) in [5.74, 6) is 5.91. The van der Waals surface area contributed by atoms with Crippen LogP contribution in [0.2, 0.25) is 0 Å². The first-order valence-electron chi connectivity index (χ1n) is 5.03. The van der Waals surface area contributed by atoms with Gasteiger partial charge in [0.15, 0.2) is 0 Å². The summed E-state index contributed by atoms with van der Waals surface area (Å²) in [4.78, 5) is 11.7. The largest absolute Gasteiger partial charge is 0.333 e. The lowest BCUT2D eigenvalue weighted by Crippen LogP contribution is -2.28. The molecule has 2 heterocycles. The standard InChI is InChI=1S/C11H9N5O/c12-16-10(17)6-9(8-4-2-1-3-5-8)15-7-13-14-11(15)16/h1-7H,12H2. The zero-order chi connectivity index (χ0) is 11.8. The van der Waals surface area contributed by atoms with Crippen LogP contribution in [0.4, 0.5) is 0 Å². The monoisotopic (exact) mass is 227 g/mol. The number of fused-ring (bicyclic) bond motifs is 1. The van der Waals surface area contributed by atoms with Crippen LogP contribution >= 0.6 is 0 Å². The molecule has 0 radical (unpaired) electrons. The maximum atomic E-state index is 11.7. The SMILES string of the molecule is Nn1c(=O)cc(-c2ccccc2)n2cnnc12. The molecule has 84 valence electrons. The Morgan fingerprint density at radius 1 is 1.18 bits per heavy atom. The van der Waals surface area contributed by atoms with E-state index in [1.54, 1.807) is 4.40 Å². The van der Waals surface area contributed by atoms with Crippen molar-refractivity contribution in [3.05, 3.63) is 53.1 Å². The number of nitrogens with zero attached hydrogens (tertiary/aromatic N) is 4. The average molecular weight is 227 g/mol.